The molecule has 0 aliphatic heterocycles. The van der Waals surface area contributed by atoms with Crippen molar-refractivity contribution in [3.05, 3.63) is 48.5 Å². The van der Waals surface area contributed by atoms with Gasteiger partial charge in [-0.05, 0) is 43.3 Å². The molecule has 6 nitrogen and oxygen atoms in total. The summed E-state index contributed by atoms with van der Waals surface area (Å²) in [6.45, 7) is 3.23. The zero-order chi connectivity index (χ0) is 17.5. The minimum atomic E-state index is -0.443. The van der Waals surface area contributed by atoms with E-state index in [0.717, 1.165) is 5.69 Å². The Bertz CT molecular complexity index is 714. The van der Waals surface area contributed by atoms with E-state index in [-0.39, 0.29) is 11.8 Å². The summed E-state index contributed by atoms with van der Waals surface area (Å²) in [6, 6.07) is 13.9. The number of carbonyl (C=O) groups excluding carboxylic acids is 2. The zero-order valence-corrected chi connectivity index (χ0v) is 13.9. The van der Waals surface area contributed by atoms with Crippen molar-refractivity contribution in [2.45, 2.75) is 19.9 Å². The number of hydrogen-bond acceptors (Lipinski definition) is 4. The SMILES string of the molecule is COc1ccccc1NC(=O)[C@H](C)Nc1ccc(NC(C)=O)cc1. The average Bonchev–Trinajstić information content (AvgIpc) is 2.56. The first kappa shape index (κ1) is 17.3. The number of para-hydroxylation sites is 2. The lowest BCUT2D eigenvalue weighted by molar-refractivity contribution is -0.116. The van der Waals surface area contributed by atoms with E-state index in [1.165, 1.54) is 6.92 Å². The monoisotopic (exact) mass is 327 g/mol. The molecule has 0 aliphatic rings. The summed E-state index contributed by atoms with van der Waals surface area (Å²) in [5.74, 6) is 0.309. The number of rotatable bonds is 6. The summed E-state index contributed by atoms with van der Waals surface area (Å²) < 4.78 is 5.22. The normalized spacial score (nSPS) is 11.3. The maximum atomic E-state index is 12.3. The number of carbonyl (C=O) groups is 2. The van der Waals surface area contributed by atoms with Gasteiger partial charge in [-0.3, -0.25) is 9.59 Å². The van der Waals surface area contributed by atoms with Gasteiger partial charge in [0.25, 0.3) is 0 Å². The standard InChI is InChI=1S/C18H21N3O3/c1-12(18(23)21-16-6-4-5-7-17(16)24-3)19-14-8-10-15(11-9-14)20-13(2)22/h4-12,19H,1-3H3,(H,20,22)(H,21,23)/t12-/m0/s1. The molecule has 2 amide bonds. The molecule has 3 N–H and O–H groups in total. The fourth-order valence-corrected chi connectivity index (χ4v) is 2.16. The van der Waals surface area contributed by atoms with Crippen LogP contribution in [0.2, 0.25) is 0 Å². The lowest BCUT2D eigenvalue weighted by Crippen LogP contribution is -2.31. The Hall–Kier alpha value is -3.02. The highest BCUT2D eigenvalue weighted by Crippen LogP contribution is 2.23. The largest absolute Gasteiger partial charge is 0.495 e. The first-order valence-electron chi connectivity index (χ1n) is 7.57. The van der Waals surface area contributed by atoms with Crippen LogP contribution in [-0.4, -0.2) is 25.0 Å². The summed E-state index contributed by atoms with van der Waals surface area (Å²) in [4.78, 5) is 23.3. The molecule has 0 fully saturated rings. The van der Waals surface area contributed by atoms with Gasteiger partial charge in [0.1, 0.15) is 11.8 Å². The third kappa shape index (κ3) is 4.74. The quantitative estimate of drug-likeness (QED) is 0.762. The number of nitrogens with one attached hydrogen (secondary N) is 3. The van der Waals surface area contributed by atoms with Crippen LogP contribution in [0.25, 0.3) is 0 Å². The van der Waals surface area contributed by atoms with Gasteiger partial charge in [0, 0.05) is 18.3 Å². The Morgan fingerprint density at radius 3 is 2.21 bits per heavy atom. The second kappa shape index (κ2) is 8.01. The first-order valence-corrected chi connectivity index (χ1v) is 7.57. The minimum absolute atomic E-state index is 0.125. The van der Waals surface area contributed by atoms with Gasteiger partial charge in [-0.15, -0.1) is 0 Å². The predicted molar refractivity (Wildman–Crippen MR) is 95.5 cm³/mol. The third-order valence-electron chi connectivity index (χ3n) is 3.35. The molecule has 2 aromatic rings. The molecule has 1 atom stereocenters. The Morgan fingerprint density at radius 2 is 1.58 bits per heavy atom. The van der Waals surface area contributed by atoms with E-state index in [1.54, 1.807) is 50.4 Å². The predicted octanol–water partition coefficient (Wildman–Crippen LogP) is 3.09. The molecule has 0 spiro atoms. The van der Waals surface area contributed by atoms with Crippen LogP contribution < -0.4 is 20.7 Å². The Labute approximate surface area is 141 Å². The Kier molecular flexibility index (Phi) is 5.78. The van der Waals surface area contributed by atoms with Crippen LogP contribution in [0.4, 0.5) is 17.1 Å². The van der Waals surface area contributed by atoms with Crippen LogP contribution >= 0.6 is 0 Å². The van der Waals surface area contributed by atoms with Gasteiger partial charge in [-0.2, -0.15) is 0 Å². The van der Waals surface area contributed by atoms with Crippen LogP contribution in [0, 0.1) is 0 Å². The second-order valence-corrected chi connectivity index (χ2v) is 5.31. The van der Waals surface area contributed by atoms with Crippen molar-refractivity contribution in [2.75, 3.05) is 23.1 Å². The van der Waals surface area contributed by atoms with E-state index in [9.17, 15) is 9.59 Å². The van der Waals surface area contributed by atoms with Crippen molar-refractivity contribution in [1.29, 1.82) is 0 Å². The summed E-state index contributed by atoms with van der Waals surface area (Å²) in [5.41, 5.74) is 2.12. The van der Waals surface area contributed by atoms with Crippen molar-refractivity contribution in [1.82, 2.24) is 0 Å². The summed E-state index contributed by atoms with van der Waals surface area (Å²) in [6.07, 6.45) is 0. The summed E-state index contributed by atoms with van der Waals surface area (Å²) >= 11 is 0. The van der Waals surface area contributed by atoms with Crippen LogP contribution in [0.15, 0.2) is 48.5 Å². The molecule has 24 heavy (non-hydrogen) atoms. The Balaban J connectivity index is 1.97. The van der Waals surface area contributed by atoms with E-state index in [0.29, 0.717) is 17.1 Å². The molecule has 0 aliphatic carbocycles. The number of anilines is 3. The van der Waals surface area contributed by atoms with Gasteiger partial charge < -0.3 is 20.7 Å². The molecule has 0 bridgehead atoms. The molecule has 0 saturated heterocycles. The smallest absolute Gasteiger partial charge is 0.246 e. The van der Waals surface area contributed by atoms with E-state index in [1.807, 2.05) is 12.1 Å². The van der Waals surface area contributed by atoms with E-state index < -0.39 is 6.04 Å². The Morgan fingerprint density at radius 1 is 0.958 bits per heavy atom. The van der Waals surface area contributed by atoms with Gasteiger partial charge in [0.05, 0.1) is 12.8 Å². The number of benzene rings is 2. The van der Waals surface area contributed by atoms with Crippen LogP contribution in [-0.2, 0) is 9.59 Å². The topological polar surface area (TPSA) is 79.5 Å². The van der Waals surface area contributed by atoms with Gasteiger partial charge in [-0.25, -0.2) is 0 Å². The molecule has 126 valence electrons. The highest BCUT2D eigenvalue weighted by molar-refractivity contribution is 5.97. The van der Waals surface area contributed by atoms with Crippen molar-refractivity contribution in [3.63, 3.8) is 0 Å². The van der Waals surface area contributed by atoms with Crippen molar-refractivity contribution < 1.29 is 14.3 Å². The second-order valence-electron chi connectivity index (χ2n) is 5.31. The molecule has 2 aromatic carbocycles. The van der Waals surface area contributed by atoms with Gasteiger partial charge in [0.15, 0.2) is 0 Å². The molecule has 0 heterocycles. The van der Waals surface area contributed by atoms with Crippen LogP contribution in [0.3, 0.4) is 0 Å². The van der Waals surface area contributed by atoms with Gasteiger partial charge in [-0.1, -0.05) is 12.1 Å². The van der Waals surface area contributed by atoms with Crippen molar-refractivity contribution in [2.24, 2.45) is 0 Å². The molecule has 0 aromatic heterocycles. The molecule has 2 rings (SSSR count). The molecule has 6 heteroatoms. The van der Waals surface area contributed by atoms with Crippen molar-refractivity contribution >= 4 is 28.9 Å². The molecular weight excluding hydrogens is 306 g/mol. The molecular formula is C18H21N3O3. The fourth-order valence-electron chi connectivity index (χ4n) is 2.16. The van der Waals surface area contributed by atoms with Gasteiger partial charge in [0.2, 0.25) is 11.8 Å². The molecule has 0 saturated carbocycles. The number of methoxy groups -OCH3 is 1. The van der Waals surface area contributed by atoms with E-state index >= 15 is 0 Å². The van der Waals surface area contributed by atoms with Gasteiger partial charge >= 0.3 is 0 Å². The van der Waals surface area contributed by atoms with E-state index in [4.69, 9.17) is 4.74 Å². The first-order chi connectivity index (χ1) is 11.5. The van der Waals surface area contributed by atoms with E-state index in [2.05, 4.69) is 16.0 Å². The highest BCUT2D eigenvalue weighted by Gasteiger charge is 2.14. The fraction of sp³-hybridized carbons (Fsp3) is 0.222. The highest BCUT2D eigenvalue weighted by atomic mass is 16.5. The maximum Gasteiger partial charge on any atom is 0.246 e. The average molecular weight is 327 g/mol. The number of hydrogen-bond donors (Lipinski definition) is 3. The minimum Gasteiger partial charge on any atom is -0.495 e. The number of amides is 2. The zero-order valence-electron chi connectivity index (χ0n) is 13.9. The maximum absolute atomic E-state index is 12.3. The number of ether oxygens (including phenoxy) is 1. The lowest BCUT2D eigenvalue weighted by Gasteiger charge is -2.17. The lowest BCUT2D eigenvalue weighted by atomic mass is 10.2. The van der Waals surface area contributed by atoms with Crippen molar-refractivity contribution in [3.8, 4) is 5.75 Å². The molecule has 0 radical (unpaired) electrons. The summed E-state index contributed by atoms with van der Waals surface area (Å²) in [7, 11) is 1.56. The molecule has 0 unspecified atom stereocenters. The third-order valence-corrected chi connectivity index (χ3v) is 3.35. The van der Waals surface area contributed by atoms with Crippen LogP contribution in [0.1, 0.15) is 13.8 Å². The van der Waals surface area contributed by atoms with Crippen LogP contribution in [0.5, 0.6) is 5.75 Å². The summed E-state index contributed by atoms with van der Waals surface area (Å²) in [5, 5.41) is 8.64.